The summed E-state index contributed by atoms with van der Waals surface area (Å²) in [5.41, 5.74) is 1.08. The second-order valence-corrected chi connectivity index (χ2v) is 7.92. The molecule has 1 N–H and O–H groups in total. The van der Waals surface area contributed by atoms with Gasteiger partial charge in [0.1, 0.15) is 4.90 Å². The largest absolute Gasteiger partial charge is 0.274 e. The van der Waals surface area contributed by atoms with Crippen LogP contribution in [-0.4, -0.2) is 18.2 Å². The van der Waals surface area contributed by atoms with Gasteiger partial charge in [-0.15, -0.1) is 11.3 Å². The molecule has 23 heavy (non-hydrogen) atoms. The molecule has 0 aliphatic carbocycles. The third kappa shape index (κ3) is 3.87. The zero-order chi connectivity index (χ0) is 16.3. The zero-order valence-corrected chi connectivity index (χ0v) is 14.2. The summed E-state index contributed by atoms with van der Waals surface area (Å²) in [6.07, 6.45) is 3.45. The number of nitrogens with one attached hydrogen (secondary N) is 1. The van der Waals surface area contributed by atoms with Crippen molar-refractivity contribution in [2.75, 3.05) is 0 Å². The summed E-state index contributed by atoms with van der Waals surface area (Å²) in [6, 6.07) is 13.4. The van der Waals surface area contributed by atoms with E-state index in [1.54, 1.807) is 18.4 Å². The van der Waals surface area contributed by atoms with Crippen LogP contribution in [0.5, 0.6) is 0 Å². The van der Waals surface area contributed by atoms with E-state index >= 15 is 0 Å². The minimum Gasteiger partial charge on any atom is -0.274 e. The van der Waals surface area contributed by atoms with E-state index in [4.69, 9.17) is 0 Å². The monoisotopic (exact) mass is 347 g/mol. The molecule has 0 bridgehead atoms. The number of aryl methyl sites for hydroxylation is 1. The smallest absolute Gasteiger partial charge is 0.244 e. The molecular weight excluding hydrogens is 330 g/mol. The van der Waals surface area contributed by atoms with E-state index in [1.807, 2.05) is 47.8 Å². The molecule has 3 aromatic rings. The third-order valence-electron chi connectivity index (χ3n) is 3.46. The average Bonchev–Trinajstić information content (AvgIpc) is 3.19. The zero-order valence-electron chi connectivity index (χ0n) is 12.6. The number of hydrogen-bond donors (Lipinski definition) is 1. The Morgan fingerprint density at radius 1 is 1.22 bits per heavy atom. The molecule has 0 spiro atoms. The molecule has 0 aliphatic heterocycles. The van der Waals surface area contributed by atoms with Crippen molar-refractivity contribution in [2.45, 2.75) is 17.4 Å². The number of benzene rings is 1. The molecular formula is C16H17N3O2S2. The standard InChI is InChI=1S/C16H17N3O2S2/c1-19-12-14(11-17-19)23(20,21)18-15(16-8-5-9-22-16)10-13-6-3-2-4-7-13/h2-9,11-12,15,18H,10H2,1H3/t15-/m0/s1. The Balaban J connectivity index is 1.87. The molecule has 0 unspecified atom stereocenters. The highest BCUT2D eigenvalue weighted by molar-refractivity contribution is 7.89. The SMILES string of the molecule is Cn1cc(S(=O)(=O)N[C@@H](Cc2ccccc2)c2cccs2)cn1. The predicted octanol–water partition coefficient (Wildman–Crippen LogP) is 2.74. The van der Waals surface area contributed by atoms with Gasteiger partial charge < -0.3 is 0 Å². The van der Waals surface area contributed by atoms with E-state index in [1.165, 1.54) is 17.1 Å². The lowest BCUT2D eigenvalue weighted by atomic mass is 10.1. The van der Waals surface area contributed by atoms with Crippen LogP contribution < -0.4 is 4.72 Å². The molecule has 0 amide bonds. The van der Waals surface area contributed by atoms with E-state index in [0.29, 0.717) is 6.42 Å². The summed E-state index contributed by atoms with van der Waals surface area (Å²) in [5.74, 6) is 0. The van der Waals surface area contributed by atoms with Crippen molar-refractivity contribution in [1.82, 2.24) is 14.5 Å². The third-order valence-corrected chi connectivity index (χ3v) is 5.87. The second kappa shape index (κ2) is 6.66. The van der Waals surface area contributed by atoms with E-state index in [2.05, 4.69) is 9.82 Å². The van der Waals surface area contributed by atoms with Gasteiger partial charge in [-0.25, -0.2) is 13.1 Å². The maximum atomic E-state index is 12.6. The average molecular weight is 347 g/mol. The predicted molar refractivity (Wildman–Crippen MR) is 90.7 cm³/mol. The summed E-state index contributed by atoms with van der Waals surface area (Å²) in [4.78, 5) is 1.16. The molecule has 0 saturated carbocycles. The number of nitrogens with zero attached hydrogens (tertiary/aromatic N) is 2. The van der Waals surface area contributed by atoms with Gasteiger partial charge in [-0.3, -0.25) is 4.68 Å². The molecule has 7 heteroatoms. The van der Waals surface area contributed by atoms with Crippen molar-refractivity contribution in [3.8, 4) is 0 Å². The van der Waals surface area contributed by atoms with Crippen LogP contribution in [0.3, 0.4) is 0 Å². The van der Waals surface area contributed by atoms with Gasteiger partial charge in [0, 0.05) is 18.1 Å². The molecule has 5 nitrogen and oxygen atoms in total. The molecule has 3 rings (SSSR count). The minimum atomic E-state index is -3.61. The van der Waals surface area contributed by atoms with E-state index in [9.17, 15) is 8.42 Å². The van der Waals surface area contributed by atoms with Gasteiger partial charge in [-0.1, -0.05) is 36.4 Å². The normalized spacial score (nSPS) is 13.1. The van der Waals surface area contributed by atoms with Gasteiger partial charge in [0.2, 0.25) is 10.0 Å². The Kier molecular flexibility index (Phi) is 4.61. The Hall–Kier alpha value is -1.96. The number of hydrogen-bond acceptors (Lipinski definition) is 4. The summed E-state index contributed by atoms with van der Waals surface area (Å²) in [7, 11) is -1.92. The highest BCUT2D eigenvalue weighted by Gasteiger charge is 2.23. The van der Waals surface area contributed by atoms with E-state index < -0.39 is 10.0 Å². The Labute approximate surface area is 139 Å². The fraction of sp³-hybridized carbons (Fsp3) is 0.188. The summed E-state index contributed by atoms with van der Waals surface area (Å²) in [6.45, 7) is 0. The van der Waals surface area contributed by atoms with Crippen LogP contribution in [0.1, 0.15) is 16.5 Å². The van der Waals surface area contributed by atoms with E-state index in [-0.39, 0.29) is 10.9 Å². The van der Waals surface area contributed by atoms with Gasteiger partial charge in [0.05, 0.1) is 12.2 Å². The van der Waals surface area contributed by atoms with Crippen LogP contribution in [0, 0.1) is 0 Å². The van der Waals surface area contributed by atoms with Gasteiger partial charge in [0.25, 0.3) is 0 Å². The van der Waals surface area contributed by atoms with Crippen LogP contribution in [0.15, 0.2) is 65.1 Å². The highest BCUT2D eigenvalue weighted by atomic mass is 32.2. The van der Waals surface area contributed by atoms with Gasteiger partial charge in [-0.2, -0.15) is 5.10 Å². The lowest BCUT2D eigenvalue weighted by Gasteiger charge is -2.17. The number of aromatic nitrogens is 2. The summed E-state index contributed by atoms with van der Waals surface area (Å²) in [5, 5.41) is 5.89. The molecule has 1 atom stereocenters. The van der Waals surface area contributed by atoms with Gasteiger partial charge in [-0.05, 0) is 23.4 Å². The maximum Gasteiger partial charge on any atom is 0.244 e. The van der Waals surface area contributed by atoms with Crippen LogP contribution >= 0.6 is 11.3 Å². The quantitative estimate of drug-likeness (QED) is 0.746. The first kappa shape index (κ1) is 15.9. The first-order valence-corrected chi connectivity index (χ1v) is 9.49. The fourth-order valence-electron chi connectivity index (χ4n) is 2.33. The molecule has 2 heterocycles. The van der Waals surface area contributed by atoms with Crippen molar-refractivity contribution < 1.29 is 8.42 Å². The van der Waals surface area contributed by atoms with E-state index in [0.717, 1.165) is 10.4 Å². The topological polar surface area (TPSA) is 64.0 Å². The fourth-order valence-corrected chi connectivity index (χ4v) is 4.38. The number of rotatable bonds is 6. The Morgan fingerprint density at radius 3 is 2.61 bits per heavy atom. The van der Waals surface area contributed by atoms with Gasteiger partial charge >= 0.3 is 0 Å². The van der Waals surface area contributed by atoms with Crippen LogP contribution in [0.2, 0.25) is 0 Å². The molecule has 0 fully saturated rings. The van der Waals surface area contributed by atoms with Crippen LogP contribution in [0.25, 0.3) is 0 Å². The number of thiophene rings is 1. The maximum absolute atomic E-state index is 12.6. The molecule has 2 aromatic heterocycles. The lowest BCUT2D eigenvalue weighted by molar-refractivity contribution is 0.557. The van der Waals surface area contributed by atoms with Crippen molar-refractivity contribution in [2.24, 2.45) is 7.05 Å². The second-order valence-electron chi connectivity index (χ2n) is 5.23. The van der Waals surface area contributed by atoms with Crippen molar-refractivity contribution in [3.05, 3.63) is 70.7 Å². The number of sulfonamides is 1. The summed E-state index contributed by atoms with van der Waals surface area (Å²) >= 11 is 1.54. The first-order valence-electron chi connectivity index (χ1n) is 7.13. The Morgan fingerprint density at radius 2 is 2.00 bits per heavy atom. The molecule has 0 aliphatic rings. The Bertz CT molecular complexity index is 856. The molecule has 120 valence electrons. The van der Waals surface area contributed by atoms with Crippen molar-refractivity contribution in [3.63, 3.8) is 0 Å². The van der Waals surface area contributed by atoms with Crippen LogP contribution in [0.4, 0.5) is 0 Å². The molecule has 0 radical (unpaired) electrons. The molecule has 0 saturated heterocycles. The van der Waals surface area contributed by atoms with Crippen molar-refractivity contribution in [1.29, 1.82) is 0 Å². The first-order chi connectivity index (χ1) is 11.0. The minimum absolute atomic E-state index is 0.176. The van der Waals surface area contributed by atoms with Crippen molar-refractivity contribution >= 4 is 21.4 Å². The van der Waals surface area contributed by atoms with Gasteiger partial charge in [0.15, 0.2) is 0 Å². The summed E-state index contributed by atoms with van der Waals surface area (Å²) < 4.78 is 29.4. The molecule has 1 aromatic carbocycles. The highest BCUT2D eigenvalue weighted by Crippen LogP contribution is 2.25. The van der Waals surface area contributed by atoms with Crippen LogP contribution in [-0.2, 0) is 23.5 Å². The lowest BCUT2D eigenvalue weighted by Crippen LogP contribution is -2.29.